The number of nitrogens with one attached hydrogen (secondary N) is 1. The zero-order valence-electron chi connectivity index (χ0n) is 10.8. The first kappa shape index (κ1) is 13.7. The number of anilines is 1. The van der Waals surface area contributed by atoms with E-state index in [1.54, 1.807) is 30.1 Å². The van der Waals surface area contributed by atoms with Gasteiger partial charge in [-0.2, -0.15) is 5.26 Å². The molecule has 1 aromatic carbocycles. The van der Waals surface area contributed by atoms with Gasteiger partial charge in [-0.05, 0) is 31.0 Å². The molecule has 0 aromatic heterocycles. The molecule has 0 aliphatic heterocycles. The lowest BCUT2D eigenvalue weighted by Crippen LogP contribution is -2.34. The lowest BCUT2D eigenvalue weighted by molar-refractivity contribution is 0.0748. The van der Waals surface area contributed by atoms with E-state index in [4.69, 9.17) is 16.9 Å². The second-order valence-electron chi connectivity index (χ2n) is 4.58. The minimum Gasteiger partial charge on any atom is -0.387 e. The summed E-state index contributed by atoms with van der Waals surface area (Å²) in [6, 6.07) is 7.60. The van der Waals surface area contributed by atoms with Crippen LogP contribution in [-0.4, -0.2) is 30.4 Å². The van der Waals surface area contributed by atoms with Gasteiger partial charge < -0.3 is 10.2 Å². The van der Waals surface area contributed by atoms with E-state index in [0.717, 1.165) is 18.5 Å². The van der Waals surface area contributed by atoms with Crippen LogP contribution in [0.2, 0.25) is 5.02 Å². The molecule has 2 rings (SSSR count). The summed E-state index contributed by atoms with van der Waals surface area (Å²) in [5.74, 6) is -0.0513. The first-order valence-electron chi connectivity index (χ1n) is 6.32. The predicted molar refractivity (Wildman–Crippen MR) is 75.3 cm³/mol. The van der Waals surface area contributed by atoms with E-state index in [1.807, 2.05) is 0 Å². The van der Waals surface area contributed by atoms with E-state index in [1.165, 1.54) is 0 Å². The zero-order chi connectivity index (χ0) is 13.8. The number of hydrogen-bond donors (Lipinski definition) is 1. The van der Waals surface area contributed by atoms with Crippen LogP contribution in [0.1, 0.15) is 29.6 Å². The molecule has 1 saturated carbocycles. The van der Waals surface area contributed by atoms with E-state index < -0.39 is 0 Å². The van der Waals surface area contributed by atoms with Crippen molar-refractivity contribution in [2.45, 2.75) is 25.3 Å². The number of benzene rings is 1. The Morgan fingerprint density at radius 1 is 1.58 bits per heavy atom. The average Bonchev–Trinajstić information content (AvgIpc) is 3.23. The Morgan fingerprint density at radius 2 is 2.32 bits per heavy atom. The maximum absolute atomic E-state index is 12.6. The van der Waals surface area contributed by atoms with Gasteiger partial charge in [-0.1, -0.05) is 11.6 Å². The number of rotatable bonds is 5. The van der Waals surface area contributed by atoms with Gasteiger partial charge in [0.25, 0.3) is 5.91 Å². The third-order valence-electron chi connectivity index (χ3n) is 3.19. The van der Waals surface area contributed by atoms with Crippen LogP contribution in [0.25, 0.3) is 0 Å². The Kier molecular flexibility index (Phi) is 4.28. The Balaban J connectivity index is 2.25. The molecule has 1 aliphatic rings. The van der Waals surface area contributed by atoms with Crippen molar-refractivity contribution in [3.05, 3.63) is 28.8 Å². The lowest BCUT2D eigenvalue weighted by atomic mass is 10.1. The summed E-state index contributed by atoms with van der Waals surface area (Å²) in [7, 11) is 1.77. The molecule has 1 aliphatic carbocycles. The number of nitriles is 1. The summed E-state index contributed by atoms with van der Waals surface area (Å²) in [4.78, 5) is 14.4. The van der Waals surface area contributed by atoms with Crippen molar-refractivity contribution < 1.29 is 4.79 Å². The van der Waals surface area contributed by atoms with Crippen molar-refractivity contribution in [1.29, 1.82) is 5.26 Å². The molecule has 0 atom stereocenters. The van der Waals surface area contributed by atoms with Crippen molar-refractivity contribution in [2.75, 3.05) is 18.9 Å². The number of hydrogen-bond acceptors (Lipinski definition) is 3. The predicted octanol–water partition coefficient (Wildman–Crippen LogP) is 2.90. The maximum atomic E-state index is 12.6. The van der Waals surface area contributed by atoms with Crippen LogP contribution in [0.5, 0.6) is 0 Å². The number of carbonyl (C=O) groups excluding carboxylic acids is 1. The summed E-state index contributed by atoms with van der Waals surface area (Å²) in [6.45, 7) is 0.482. The summed E-state index contributed by atoms with van der Waals surface area (Å²) in [6.07, 6.45) is 2.40. The smallest absolute Gasteiger partial charge is 0.256 e. The molecule has 19 heavy (non-hydrogen) atoms. The van der Waals surface area contributed by atoms with Crippen LogP contribution in [-0.2, 0) is 0 Å². The van der Waals surface area contributed by atoms with Gasteiger partial charge in [-0.3, -0.25) is 4.79 Å². The monoisotopic (exact) mass is 277 g/mol. The van der Waals surface area contributed by atoms with E-state index in [0.29, 0.717) is 23.6 Å². The Labute approximate surface area is 118 Å². The largest absolute Gasteiger partial charge is 0.387 e. The number of nitrogens with zero attached hydrogens (tertiary/aromatic N) is 2. The van der Waals surface area contributed by atoms with Crippen molar-refractivity contribution in [3.8, 4) is 6.07 Å². The molecule has 1 fully saturated rings. The Hall–Kier alpha value is -1.73. The molecule has 1 N–H and O–H groups in total. The molecule has 4 nitrogen and oxygen atoms in total. The third kappa shape index (κ3) is 3.18. The molecular weight excluding hydrogens is 262 g/mol. The molecule has 0 saturated heterocycles. The zero-order valence-corrected chi connectivity index (χ0v) is 11.6. The van der Waals surface area contributed by atoms with Crippen LogP contribution in [0.4, 0.5) is 5.69 Å². The number of amides is 1. The molecule has 5 heteroatoms. The highest BCUT2D eigenvalue weighted by atomic mass is 35.5. The van der Waals surface area contributed by atoms with Crippen LogP contribution in [0.3, 0.4) is 0 Å². The van der Waals surface area contributed by atoms with Crippen molar-refractivity contribution in [1.82, 2.24) is 4.90 Å². The standard InChI is InChI=1S/C14H16ClN3O/c1-17-13-6-3-10(15)9-12(13)14(19)18(8-2-7-16)11-4-5-11/h3,6,9,11,17H,2,4-5,8H2,1H3. The van der Waals surface area contributed by atoms with E-state index in [-0.39, 0.29) is 11.9 Å². The summed E-state index contributed by atoms with van der Waals surface area (Å²) in [5.41, 5.74) is 1.33. The van der Waals surface area contributed by atoms with Gasteiger partial charge >= 0.3 is 0 Å². The second-order valence-corrected chi connectivity index (χ2v) is 5.01. The van der Waals surface area contributed by atoms with Gasteiger partial charge in [-0.25, -0.2) is 0 Å². The second kappa shape index (κ2) is 5.94. The maximum Gasteiger partial charge on any atom is 0.256 e. The Morgan fingerprint density at radius 3 is 2.89 bits per heavy atom. The molecule has 0 heterocycles. The topological polar surface area (TPSA) is 56.1 Å². The molecule has 0 bridgehead atoms. The highest BCUT2D eigenvalue weighted by Gasteiger charge is 2.33. The minimum absolute atomic E-state index is 0.0513. The van der Waals surface area contributed by atoms with E-state index in [2.05, 4.69) is 11.4 Å². The highest BCUT2D eigenvalue weighted by Crippen LogP contribution is 2.30. The fraction of sp³-hybridized carbons (Fsp3) is 0.429. The van der Waals surface area contributed by atoms with Gasteiger partial charge in [-0.15, -0.1) is 0 Å². The van der Waals surface area contributed by atoms with Crippen molar-refractivity contribution >= 4 is 23.2 Å². The van der Waals surface area contributed by atoms with E-state index >= 15 is 0 Å². The van der Waals surface area contributed by atoms with Gasteiger partial charge in [0.05, 0.1) is 18.1 Å². The summed E-state index contributed by atoms with van der Waals surface area (Å²) >= 11 is 5.97. The van der Waals surface area contributed by atoms with Gasteiger partial charge in [0.1, 0.15) is 0 Å². The van der Waals surface area contributed by atoms with Crippen LogP contribution in [0, 0.1) is 11.3 Å². The molecule has 1 aromatic rings. The van der Waals surface area contributed by atoms with Crippen molar-refractivity contribution in [2.24, 2.45) is 0 Å². The summed E-state index contributed by atoms with van der Waals surface area (Å²) < 4.78 is 0. The van der Waals surface area contributed by atoms with Gasteiger partial charge in [0, 0.05) is 30.3 Å². The minimum atomic E-state index is -0.0513. The SMILES string of the molecule is CNc1ccc(Cl)cc1C(=O)N(CCC#N)C1CC1. The molecule has 0 unspecified atom stereocenters. The molecule has 1 amide bonds. The van der Waals surface area contributed by atoms with Crippen molar-refractivity contribution in [3.63, 3.8) is 0 Å². The Bertz CT molecular complexity index is 520. The molecule has 100 valence electrons. The van der Waals surface area contributed by atoms with Crippen LogP contribution < -0.4 is 5.32 Å². The first-order chi connectivity index (χ1) is 9.17. The lowest BCUT2D eigenvalue weighted by Gasteiger charge is -2.22. The molecule has 0 radical (unpaired) electrons. The van der Waals surface area contributed by atoms with Gasteiger partial charge in [0.2, 0.25) is 0 Å². The summed E-state index contributed by atoms with van der Waals surface area (Å²) in [5, 5.41) is 12.2. The molecular formula is C14H16ClN3O. The van der Waals surface area contributed by atoms with Gasteiger partial charge in [0.15, 0.2) is 0 Å². The first-order valence-corrected chi connectivity index (χ1v) is 6.70. The fourth-order valence-corrected chi connectivity index (χ4v) is 2.24. The van der Waals surface area contributed by atoms with Crippen LogP contribution in [0.15, 0.2) is 18.2 Å². The third-order valence-corrected chi connectivity index (χ3v) is 3.43. The van der Waals surface area contributed by atoms with E-state index in [9.17, 15) is 4.79 Å². The number of carbonyl (C=O) groups is 1. The average molecular weight is 278 g/mol. The quantitative estimate of drug-likeness (QED) is 0.900. The van der Waals surface area contributed by atoms with Crippen LogP contribution >= 0.6 is 11.6 Å². The fourth-order valence-electron chi connectivity index (χ4n) is 2.07. The molecule has 0 spiro atoms. The highest BCUT2D eigenvalue weighted by molar-refractivity contribution is 6.31. The normalized spacial score (nSPS) is 13.7. The number of halogens is 1.